The lowest BCUT2D eigenvalue weighted by Gasteiger charge is -2.20. The number of fused-ring (bicyclic) bond motifs is 2. The zero-order valence-electron chi connectivity index (χ0n) is 11.0. The molecule has 2 aromatic rings. The molecule has 19 heavy (non-hydrogen) atoms. The fraction of sp³-hybridized carbons (Fsp3) is 0.267. The molecule has 4 heteroatoms. The third-order valence-electron chi connectivity index (χ3n) is 3.33. The summed E-state index contributed by atoms with van der Waals surface area (Å²) in [7, 11) is 3.92. The van der Waals surface area contributed by atoms with Gasteiger partial charge in [-0.15, -0.1) is 0 Å². The maximum Gasteiger partial charge on any atom is 0.241 e. The second-order valence-corrected chi connectivity index (χ2v) is 4.85. The second kappa shape index (κ2) is 4.55. The molecular weight excluding hydrogens is 240 g/mol. The standard InChI is InChI=1S/C15H16N2O2/c1-17(2)12-7-3-5-11-9-10-6-4-8-16-13(10)15(18)19-14(11)12/h3-8,15,18H,9H2,1-2H3. The number of ether oxygens (including phenoxy) is 1. The van der Waals surface area contributed by atoms with Crippen molar-refractivity contribution in [1.82, 2.24) is 4.98 Å². The molecule has 0 spiro atoms. The molecule has 1 atom stereocenters. The van der Waals surface area contributed by atoms with Gasteiger partial charge >= 0.3 is 0 Å². The number of benzene rings is 1. The van der Waals surface area contributed by atoms with Crippen LogP contribution in [0.2, 0.25) is 0 Å². The van der Waals surface area contributed by atoms with E-state index in [-0.39, 0.29) is 0 Å². The largest absolute Gasteiger partial charge is 0.457 e. The van der Waals surface area contributed by atoms with Gasteiger partial charge in [-0.05, 0) is 17.7 Å². The van der Waals surface area contributed by atoms with Gasteiger partial charge in [0.05, 0.1) is 5.69 Å². The highest BCUT2D eigenvalue weighted by atomic mass is 16.6. The van der Waals surface area contributed by atoms with Crippen molar-refractivity contribution >= 4 is 5.69 Å². The SMILES string of the molecule is CN(C)c1cccc2c1OC(O)c1ncccc1C2. The van der Waals surface area contributed by atoms with Crippen LogP contribution >= 0.6 is 0 Å². The van der Waals surface area contributed by atoms with E-state index in [1.807, 2.05) is 49.3 Å². The summed E-state index contributed by atoms with van der Waals surface area (Å²) in [6.45, 7) is 0. The average Bonchev–Trinajstić information content (AvgIpc) is 2.54. The number of aliphatic hydroxyl groups excluding tert-OH is 1. The average molecular weight is 256 g/mol. The smallest absolute Gasteiger partial charge is 0.241 e. The Balaban J connectivity index is 2.14. The topological polar surface area (TPSA) is 45.6 Å². The van der Waals surface area contributed by atoms with E-state index >= 15 is 0 Å². The third-order valence-corrected chi connectivity index (χ3v) is 3.33. The fourth-order valence-corrected chi connectivity index (χ4v) is 2.39. The molecule has 0 bridgehead atoms. The van der Waals surface area contributed by atoms with Crippen molar-refractivity contribution in [2.45, 2.75) is 12.7 Å². The van der Waals surface area contributed by atoms with Crippen LogP contribution in [0.4, 0.5) is 5.69 Å². The van der Waals surface area contributed by atoms with Crippen molar-refractivity contribution in [3.05, 3.63) is 53.3 Å². The maximum absolute atomic E-state index is 10.2. The van der Waals surface area contributed by atoms with Crippen LogP contribution in [0.1, 0.15) is 23.1 Å². The summed E-state index contributed by atoms with van der Waals surface area (Å²) in [5.74, 6) is 0.734. The molecule has 1 N–H and O–H groups in total. The van der Waals surface area contributed by atoms with Crippen molar-refractivity contribution < 1.29 is 9.84 Å². The first-order valence-corrected chi connectivity index (χ1v) is 6.24. The van der Waals surface area contributed by atoms with E-state index in [0.717, 1.165) is 29.0 Å². The van der Waals surface area contributed by atoms with Gasteiger partial charge in [0.1, 0.15) is 11.4 Å². The molecule has 0 saturated heterocycles. The zero-order chi connectivity index (χ0) is 13.4. The maximum atomic E-state index is 10.2. The van der Waals surface area contributed by atoms with Crippen LogP contribution < -0.4 is 9.64 Å². The number of rotatable bonds is 1. The number of hydrogen-bond acceptors (Lipinski definition) is 4. The van der Waals surface area contributed by atoms with Gasteiger partial charge in [0.25, 0.3) is 0 Å². The Morgan fingerprint density at radius 1 is 1.21 bits per heavy atom. The van der Waals surface area contributed by atoms with E-state index < -0.39 is 6.29 Å². The summed E-state index contributed by atoms with van der Waals surface area (Å²) >= 11 is 0. The van der Waals surface area contributed by atoms with Crippen LogP contribution in [-0.2, 0) is 6.42 Å². The lowest BCUT2D eigenvalue weighted by atomic mass is 10.0. The molecule has 98 valence electrons. The van der Waals surface area contributed by atoms with Gasteiger partial charge < -0.3 is 14.7 Å². The van der Waals surface area contributed by atoms with Crippen LogP contribution in [-0.4, -0.2) is 24.2 Å². The second-order valence-electron chi connectivity index (χ2n) is 4.85. The van der Waals surface area contributed by atoms with E-state index in [1.165, 1.54) is 0 Å². The Morgan fingerprint density at radius 3 is 2.79 bits per heavy atom. The summed E-state index contributed by atoms with van der Waals surface area (Å²) in [4.78, 5) is 6.21. The van der Waals surface area contributed by atoms with Gasteiger partial charge in [0.15, 0.2) is 0 Å². The number of para-hydroxylation sites is 1. The van der Waals surface area contributed by atoms with E-state index in [1.54, 1.807) is 6.20 Å². The first kappa shape index (κ1) is 12.0. The van der Waals surface area contributed by atoms with Crippen molar-refractivity contribution in [1.29, 1.82) is 0 Å². The van der Waals surface area contributed by atoms with Crippen molar-refractivity contribution in [3.63, 3.8) is 0 Å². The van der Waals surface area contributed by atoms with Gasteiger partial charge in [-0.2, -0.15) is 0 Å². The number of anilines is 1. The van der Waals surface area contributed by atoms with E-state index in [4.69, 9.17) is 4.74 Å². The van der Waals surface area contributed by atoms with Crippen molar-refractivity contribution in [2.24, 2.45) is 0 Å². The lowest BCUT2D eigenvalue weighted by molar-refractivity contribution is -0.0219. The lowest BCUT2D eigenvalue weighted by Crippen LogP contribution is -2.13. The van der Waals surface area contributed by atoms with Crippen molar-refractivity contribution in [2.75, 3.05) is 19.0 Å². The first-order chi connectivity index (χ1) is 9.16. The van der Waals surface area contributed by atoms with E-state index in [9.17, 15) is 5.11 Å². The number of aliphatic hydroxyl groups is 1. The minimum absolute atomic E-state index is 0.600. The third kappa shape index (κ3) is 2.04. The van der Waals surface area contributed by atoms with Crippen LogP contribution in [0, 0.1) is 0 Å². The molecule has 1 aromatic heterocycles. The summed E-state index contributed by atoms with van der Waals surface area (Å²) in [5.41, 5.74) is 3.63. The molecule has 0 saturated carbocycles. The Morgan fingerprint density at radius 2 is 2.00 bits per heavy atom. The van der Waals surface area contributed by atoms with Gasteiger partial charge in [-0.3, -0.25) is 4.98 Å². The minimum Gasteiger partial charge on any atom is -0.457 e. The molecule has 4 nitrogen and oxygen atoms in total. The highest BCUT2D eigenvalue weighted by Crippen LogP contribution is 2.38. The number of hydrogen-bond donors (Lipinski definition) is 1. The van der Waals surface area contributed by atoms with Crippen LogP contribution in [0.15, 0.2) is 36.5 Å². The molecular formula is C15H16N2O2. The molecule has 2 heterocycles. The quantitative estimate of drug-likeness (QED) is 0.849. The molecule has 0 aliphatic carbocycles. The number of pyridine rings is 1. The van der Waals surface area contributed by atoms with Gasteiger partial charge in [-0.25, -0.2) is 0 Å². The van der Waals surface area contributed by atoms with Crippen LogP contribution in [0.25, 0.3) is 0 Å². The fourth-order valence-electron chi connectivity index (χ4n) is 2.39. The molecule has 1 aliphatic rings. The first-order valence-electron chi connectivity index (χ1n) is 6.24. The highest BCUT2D eigenvalue weighted by molar-refractivity contribution is 5.62. The number of aromatic nitrogens is 1. The normalized spacial score (nSPS) is 16.9. The Labute approximate surface area is 112 Å². The van der Waals surface area contributed by atoms with E-state index in [0.29, 0.717) is 5.69 Å². The van der Waals surface area contributed by atoms with Gasteiger partial charge in [0, 0.05) is 32.3 Å². The minimum atomic E-state index is -1.02. The summed E-state index contributed by atoms with van der Waals surface area (Å²) in [6, 6.07) is 9.87. The van der Waals surface area contributed by atoms with E-state index in [2.05, 4.69) is 4.98 Å². The van der Waals surface area contributed by atoms with Crippen LogP contribution in [0.3, 0.4) is 0 Å². The molecule has 3 rings (SSSR count). The monoisotopic (exact) mass is 256 g/mol. The predicted octanol–water partition coefficient (Wildman–Crippen LogP) is 2.12. The molecule has 0 radical (unpaired) electrons. The molecule has 0 amide bonds. The van der Waals surface area contributed by atoms with Crippen molar-refractivity contribution in [3.8, 4) is 5.75 Å². The van der Waals surface area contributed by atoms with Gasteiger partial charge in [-0.1, -0.05) is 18.2 Å². The Hall–Kier alpha value is -2.07. The Kier molecular flexibility index (Phi) is 2.87. The molecule has 1 aromatic carbocycles. The highest BCUT2D eigenvalue weighted by Gasteiger charge is 2.24. The summed E-state index contributed by atoms with van der Waals surface area (Å²) < 4.78 is 5.73. The van der Waals surface area contributed by atoms with Gasteiger partial charge in [0.2, 0.25) is 6.29 Å². The molecule has 1 aliphatic heterocycles. The Bertz CT molecular complexity index is 611. The zero-order valence-corrected chi connectivity index (χ0v) is 11.0. The number of nitrogens with zero attached hydrogens (tertiary/aromatic N) is 2. The predicted molar refractivity (Wildman–Crippen MR) is 73.4 cm³/mol. The molecule has 0 fully saturated rings. The summed E-state index contributed by atoms with van der Waals surface area (Å²) in [6.07, 6.45) is 1.38. The summed E-state index contributed by atoms with van der Waals surface area (Å²) in [5, 5.41) is 10.2. The molecule has 1 unspecified atom stereocenters. The van der Waals surface area contributed by atoms with Crippen LogP contribution in [0.5, 0.6) is 5.75 Å².